The number of benzene rings is 11. The third kappa shape index (κ3) is 18.6. The summed E-state index contributed by atoms with van der Waals surface area (Å²) in [6.45, 7) is 13.2. The van der Waals surface area contributed by atoms with Gasteiger partial charge in [-0.2, -0.15) is 0 Å². The summed E-state index contributed by atoms with van der Waals surface area (Å²) in [4.78, 5) is 32.0. The van der Waals surface area contributed by atoms with Crippen molar-refractivity contribution >= 4 is 65.6 Å². The minimum absolute atomic E-state index is 0. The minimum atomic E-state index is -0.990. The molecule has 0 aliphatic carbocycles. The normalized spacial score (nSPS) is 11.1. The molecule has 20 heteroatoms. The van der Waals surface area contributed by atoms with E-state index in [1.807, 2.05) is 172 Å². The Morgan fingerprint density at radius 1 is 0.460 bits per heavy atom. The summed E-state index contributed by atoms with van der Waals surface area (Å²) in [6, 6.07) is 96.5. The van der Waals surface area contributed by atoms with Crippen molar-refractivity contribution in [3.63, 3.8) is 0 Å². The molecule has 4 radical (unpaired) electrons. The molecule has 0 amide bonds. The van der Waals surface area contributed by atoms with E-state index < -0.39 is 5.97 Å². The summed E-state index contributed by atoms with van der Waals surface area (Å²) in [6.07, 6.45) is 17.7. The van der Waals surface area contributed by atoms with Crippen LogP contribution in [0.2, 0.25) is 0 Å². The number of furan rings is 1. The molecule has 1 N–H and O–H groups in total. The maximum atomic E-state index is 10.1. The van der Waals surface area contributed by atoms with E-state index in [1.54, 1.807) is 18.3 Å². The number of carboxylic acid groups (broad SMARTS) is 1. The van der Waals surface area contributed by atoms with Gasteiger partial charge in [0.2, 0.25) is 0 Å². The average Bonchev–Trinajstić information content (AvgIpc) is 1.23. The molecule has 7 aromatic heterocycles. The zero-order chi connectivity index (χ0) is 75.0. The number of carbonyl (C=O) groups is 1. The van der Waals surface area contributed by atoms with Gasteiger partial charge in [0.1, 0.15) is 22.6 Å². The van der Waals surface area contributed by atoms with Gasteiger partial charge >= 0.3 is 5.97 Å². The third-order valence-corrected chi connectivity index (χ3v) is 18.9. The van der Waals surface area contributed by atoms with Crippen LogP contribution in [-0.4, -0.2) is 71.0 Å². The first-order chi connectivity index (χ1) is 53.2. The second kappa shape index (κ2) is 37.6. The molecule has 0 unspecified atom stereocenters. The Balaban J connectivity index is 0.000000143. The Morgan fingerprint density at radius 3 is 1.49 bits per heavy atom. The number of aromatic carboxylic acids is 1. The number of pyridine rings is 1. The van der Waals surface area contributed by atoms with Crippen LogP contribution in [0.4, 0.5) is 0 Å². The Bertz CT molecular complexity index is 6270. The van der Waals surface area contributed by atoms with Gasteiger partial charge in [-0.3, -0.25) is 19.9 Å². The van der Waals surface area contributed by atoms with Crippen LogP contribution in [0.1, 0.15) is 53.5 Å². The summed E-state index contributed by atoms with van der Waals surface area (Å²) in [5, 5.41) is 13.0. The number of aromatic nitrogens is 10. The Hall–Kier alpha value is -10.9. The molecule has 15 nitrogen and oxygen atoms in total. The first-order valence-corrected chi connectivity index (χ1v) is 36.4. The largest absolute Gasteiger partial charge is 0.536 e. The Kier molecular flexibility index (Phi) is 27.7. The molecule has 0 saturated carbocycles. The predicted molar refractivity (Wildman–Crippen MR) is 436 cm³/mol. The molecule has 0 bridgehead atoms. The van der Waals surface area contributed by atoms with Crippen LogP contribution < -0.4 is 9.47 Å². The molecular weight excluding hydrogens is 2100 g/mol. The van der Waals surface area contributed by atoms with Crippen LogP contribution in [0, 0.1) is 45.0 Å². The fourth-order valence-corrected chi connectivity index (χ4v) is 13.7. The van der Waals surface area contributed by atoms with Gasteiger partial charge < -0.3 is 41.8 Å². The van der Waals surface area contributed by atoms with Gasteiger partial charge in [0.15, 0.2) is 0 Å². The summed E-state index contributed by atoms with van der Waals surface area (Å²) < 4.78 is 29.2. The van der Waals surface area contributed by atoms with Crippen molar-refractivity contribution in [3.8, 4) is 85.5 Å². The number of rotatable bonds is 11. The average molecular weight is 2170 g/mol. The first-order valence-electron chi connectivity index (χ1n) is 35.6. The molecule has 1 aliphatic rings. The van der Waals surface area contributed by atoms with Gasteiger partial charge in [0, 0.05) is 175 Å². The molecule has 18 aromatic rings. The number of ether oxygens (including phenoxy) is 2. The van der Waals surface area contributed by atoms with E-state index in [0.717, 1.165) is 130 Å². The van der Waals surface area contributed by atoms with Crippen molar-refractivity contribution in [1.82, 2.24) is 47.8 Å². The summed E-state index contributed by atoms with van der Waals surface area (Å²) >= 11 is 3.50. The van der Waals surface area contributed by atoms with Crippen LogP contribution in [-0.2, 0) is 86.2 Å². The topological polar surface area (TPSA) is 158 Å². The molecule has 1 aliphatic heterocycles. The quantitative estimate of drug-likeness (QED) is 0.0976. The third-order valence-electron chi connectivity index (χ3n) is 18.4. The number of fused-ring (bicyclic) bond motifs is 7. The van der Waals surface area contributed by atoms with Gasteiger partial charge in [0.25, 0.3) is 0 Å². The molecule has 113 heavy (non-hydrogen) atoms. The summed E-state index contributed by atoms with van der Waals surface area (Å²) in [5.41, 5.74) is 18.2. The number of carboxylic acids is 1. The SMILES string of the molecule is CC(C)(C)Oc1ccccc1-n1ccnc1-c1[c-]ccc(Br)c1.Cc1ccccc1-n1ccnc1-c1[c-]cc2c(c1)CCO2.Cc1ccccc1-n1ccnc1-c1[c-]cc2c(c1)c1ccccc1n2-c1ccccc1.Cc1ccccc1-n1ccnc1-c1[c-]cc2oc3ccccc3c2c1.O=C(O)c1ccccn1.[Ir].[Ir].[Ir].[Rh]. The fourth-order valence-electron chi connectivity index (χ4n) is 13.4. The molecule has 572 valence electrons. The predicted octanol–water partition coefficient (Wildman–Crippen LogP) is 21.9. The van der Waals surface area contributed by atoms with Crippen molar-refractivity contribution in [3.05, 3.63) is 361 Å². The number of para-hydroxylation sites is 8. The van der Waals surface area contributed by atoms with Crippen molar-refractivity contribution < 1.29 is 104 Å². The first kappa shape index (κ1) is 83.1. The van der Waals surface area contributed by atoms with Crippen LogP contribution in [0.3, 0.4) is 0 Å². The van der Waals surface area contributed by atoms with Gasteiger partial charge in [-0.05, 0) is 142 Å². The number of hydrogen-bond acceptors (Lipinski definition) is 9. The van der Waals surface area contributed by atoms with Crippen molar-refractivity contribution in [2.24, 2.45) is 0 Å². The smallest absolute Gasteiger partial charge is 0.354 e. The molecule has 0 fully saturated rings. The van der Waals surface area contributed by atoms with Crippen molar-refractivity contribution in [2.45, 2.75) is 53.6 Å². The van der Waals surface area contributed by atoms with E-state index in [9.17, 15) is 4.79 Å². The van der Waals surface area contributed by atoms with E-state index in [4.69, 9.17) is 19.0 Å². The summed E-state index contributed by atoms with van der Waals surface area (Å²) in [5.74, 6) is 4.31. The number of nitrogens with zero attached hydrogens (tertiary/aromatic N) is 10. The standard InChI is InChI=1S/C28H20N3.C22H15N2O.C19H18BrN2O.C18H15N2O.C6H5NO2.3Ir.Rh/c1-20-9-5-7-13-25(20)30-18-17-29-28(30)21-15-16-27-24(19-21)23-12-6-8-14-26(23)31(27)22-10-3-2-4-11-22;1-15-6-2-4-8-19(15)24-13-12-23-22(24)16-10-11-21-18(14-16)17-7-3-5-9-20(17)25-21;1-19(2,3)23-17-10-5-4-9-16(17)22-12-11-21-18(22)14-7-6-8-15(20)13-14;1-13-4-2-3-5-16(13)20-10-9-19-18(20)15-6-7-17-14(12-15)8-11-21-17;8-6(9)5-3-1-2-4-7-5;;;;/h2-14,16-19H,1H3;2-9,11-14H,1H3;4-6,8-13H,1-3H3;2-5,7,9-10,12H,8,11H2,1H3;1-4H,(H,8,9);;;;/q4*-1;;;;;. The van der Waals surface area contributed by atoms with Crippen molar-refractivity contribution in [1.29, 1.82) is 0 Å². The molecule has 0 spiro atoms. The fraction of sp³-hybridized carbons (Fsp3) is 0.0968. The van der Waals surface area contributed by atoms with E-state index >= 15 is 0 Å². The zero-order valence-electron chi connectivity index (χ0n) is 62.0. The second-order valence-corrected chi connectivity index (χ2v) is 27.8. The van der Waals surface area contributed by atoms with E-state index in [1.165, 1.54) is 50.8 Å². The maximum Gasteiger partial charge on any atom is 0.354 e. The van der Waals surface area contributed by atoms with Crippen LogP contribution in [0.5, 0.6) is 11.5 Å². The molecule has 11 aromatic carbocycles. The van der Waals surface area contributed by atoms with Gasteiger partial charge in [-0.15, -0.1) is 101 Å². The second-order valence-electron chi connectivity index (χ2n) is 26.9. The van der Waals surface area contributed by atoms with E-state index in [2.05, 4.69) is 232 Å². The van der Waals surface area contributed by atoms with Crippen LogP contribution >= 0.6 is 15.9 Å². The van der Waals surface area contributed by atoms with Crippen LogP contribution in [0.25, 0.3) is 118 Å². The summed E-state index contributed by atoms with van der Waals surface area (Å²) in [7, 11) is 0. The van der Waals surface area contributed by atoms with Crippen molar-refractivity contribution in [2.75, 3.05) is 6.61 Å². The van der Waals surface area contributed by atoms with Gasteiger partial charge in [-0.1, -0.05) is 164 Å². The number of aryl methyl sites for hydroxylation is 3. The molecule has 0 saturated heterocycles. The van der Waals surface area contributed by atoms with Gasteiger partial charge in [-0.25, -0.2) is 9.78 Å². The minimum Gasteiger partial charge on any atom is -0.536 e. The Labute approximate surface area is 717 Å². The number of hydrogen-bond donors (Lipinski definition) is 1. The molecule has 0 atom stereocenters. The molecule has 8 heterocycles. The van der Waals surface area contributed by atoms with Gasteiger partial charge in [0.05, 0.1) is 41.2 Å². The van der Waals surface area contributed by atoms with E-state index in [0.29, 0.717) is 0 Å². The number of halogens is 1. The van der Waals surface area contributed by atoms with E-state index in [-0.39, 0.29) is 91.1 Å². The monoisotopic (exact) mass is 2170 g/mol. The maximum absolute atomic E-state index is 10.1. The molecule has 19 rings (SSSR count). The Morgan fingerprint density at radius 2 is 0.938 bits per heavy atom. The zero-order valence-corrected chi connectivity index (χ0v) is 72.5. The number of imidazole rings is 4. The molecular formula is C93H73BrIr3N10O5Rh-4. The van der Waals surface area contributed by atoms with Crippen LogP contribution in [0.15, 0.2) is 313 Å².